The summed E-state index contributed by atoms with van der Waals surface area (Å²) in [6.45, 7) is 4.50. The predicted molar refractivity (Wildman–Crippen MR) is 81.8 cm³/mol. The summed E-state index contributed by atoms with van der Waals surface area (Å²) in [5, 5.41) is 10.3. The highest BCUT2D eigenvalue weighted by molar-refractivity contribution is 5.95. The van der Waals surface area contributed by atoms with Gasteiger partial charge in [-0.2, -0.15) is 15.4 Å². The molecule has 2 saturated heterocycles. The highest BCUT2D eigenvalue weighted by Gasteiger charge is 2.29. The number of aryl methyl sites for hydroxylation is 1. The van der Waals surface area contributed by atoms with Crippen molar-refractivity contribution in [3.8, 4) is 0 Å². The number of hydrogen-bond donors (Lipinski definition) is 1. The zero-order valence-electron chi connectivity index (χ0n) is 13.5. The van der Waals surface area contributed by atoms with Gasteiger partial charge in [0.05, 0.1) is 11.8 Å². The lowest BCUT2D eigenvalue weighted by molar-refractivity contribution is -0.131. The molecule has 126 valence electrons. The van der Waals surface area contributed by atoms with Crippen molar-refractivity contribution in [1.29, 1.82) is 0 Å². The summed E-state index contributed by atoms with van der Waals surface area (Å²) in [5.41, 5.74) is 0.818. The van der Waals surface area contributed by atoms with Gasteiger partial charge in [0, 0.05) is 26.2 Å². The monoisotopic (exact) mass is 321 g/mol. The molecule has 0 radical (unpaired) electrons. The first-order valence-electron chi connectivity index (χ1n) is 8.21. The molecular weight excluding hydrogens is 298 g/mol. The number of hydrogen-bond acceptors (Lipinski definition) is 5. The zero-order valence-corrected chi connectivity index (χ0v) is 13.5. The van der Waals surface area contributed by atoms with Crippen molar-refractivity contribution < 1.29 is 14.3 Å². The first-order chi connectivity index (χ1) is 11.1. The molecular formula is C15H23N5O3. The van der Waals surface area contributed by atoms with Crippen LogP contribution in [0.3, 0.4) is 0 Å². The number of aromatic amines is 1. The van der Waals surface area contributed by atoms with E-state index in [2.05, 4.69) is 15.4 Å². The standard InChI is InChI=1S/C15H23N5O3/c1-11-14(17-18-16-11)15(22)20(9-12-5-4-8-23-12)10-13(21)19-6-2-3-7-19/h12H,2-10H2,1H3,(H,16,17,18). The second-order valence-electron chi connectivity index (χ2n) is 6.17. The van der Waals surface area contributed by atoms with Crippen LogP contribution in [0.1, 0.15) is 41.9 Å². The van der Waals surface area contributed by atoms with Crippen molar-refractivity contribution >= 4 is 11.8 Å². The Morgan fingerprint density at radius 3 is 2.70 bits per heavy atom. The maximum Gasteiger partial charge on any atom is 0.276 e. The van der Waals surface area contributed by atoms with Crippen molar-refractivity contribution in [2.45, 2.75) is 38.7 Å². The molecule has 1 aromatic rings. The lowest BCUT2D eigenvalue weighted by atomic mass is 10.2. The van der Waals surface area contributed by atoms with Crippen LogP contribution in [-0.2, 0) is 9.53 Å². The Hall–Kier alpha value is -1.96. The molecule has 1 unspecified atom stereocenters. The lowest BCUT2D eigenvalue weighted by Gasteiger charge is -2.26. The number of aromatic nitrogens is 3. The molecule has 8 heteroatoms. The van der Waals surface area contributed by atoms with Crippen molar-refractivity contribution in [3.05, 3.63) is 11.4 Å². The average Bonchev–Trinajstić information content (AvgIpc) is 3.28. The quantitative estimate of drug-likeness (QED) is 0.845. The molecule has 2 fully saturated rings. The van der Waals surface area contributed by atoms with Crippen molar-refractivity contribution in [1.82, 2.24) is 25.2 Å². The van der Waals surface area contributed by atoms with Crippen LogP contribution in [0.4, 0.5) is 0 Å². The van der Waals surface area contributed by atoms with Crippen molar-refractivity contribution in [2.75, 3.05) is 32.8 Å². The largest absolute Gasteiger partial charge is 0.376 e. The van der Waals surface area contributed by atoms with E-state index in [9.17, 15) is 9.59 Å². The van der Waals surface area contributed by atoms with E-state index in [1.165, 1.54) is 0 Å². The molecule has 1 atom stereocenters. The normalized spacial score (nSPS) is 20.9. The Bertz CT molecular complexity index is 561. The van der Waals surface area contributed by atoms with Gasteiger partial charge >= 0.3 is 0 Å². The van der Waals surface area contributed by atoms with Gasteiger partial charge in [0.1, 0.15) is 6.54 Å². The fourth-order valence-corrected chi connectivity index (χ4v) is 3.12. The van der Waals surface area contributed by atoms with E-state index < -0.39 is 0 Å². The molecule has 8 nitrogen and oxygen atoms in total. The van der Waals surface area contributed by atoms with E-state index in [4.69, 9.17) is 4.74 Å². The second kappa shape index (κ2) is 7.08. The van der Waals surface area contributed by atoms with Crippen LogP contribution in [0.2, 0.25) is 0 Å². The van der Waals surface area contributed by atoms with E-state index in [1.807, 2.05) is 4.90 Å². The van der Waals surface area contributed by atoms with E-state index in [0.717, 1.165) is 45.4 Å². The molecule has 0 aromatic carbocycles. The van der Waals surface area contributed by atoms with Crippen molar-refractivity contribution in [2.24, 2.45) is 0 Å². The third-order valence-electron chi connectivity index (χ3n) is 4.44. The van der Waals surface area contributed by atoms with Crippen LogP contribution in [0.15, 0.2) is 0 Å². The topological polar surface area (TPSA) is 91.4 Å². The van der Waals surface area contributed by atoms with Crippen molar-refractivity contribution in [3.63, 3.8) is 0 Å². The fourth-order valence-electron chi connectivity index (χ4n) is 3.12. The van der Waals surface area contributed by atoms with Gasteiger partial charge in [-0.1, -0.05) is 0 Å². The maximum atomic E-state index is 12.7. The minimum atomic E-state index is -0.265. The summed E-state index contributed by atoms with van der Waals surface area (Å²) in [4.78, 5) is 28.6. The molecule has 0 spiro atoms. The van der Waals surface area contributed by atoms with Gasteiger partial charge in [0.2, 0.25) is 5.91 Å². The van der Waals surface area contributed by atoms with Gasteiger partial charge in [-0.05, 0) is 32.6 Å². The minimum Gasteiger partial charge on any atom is -0.376 e. The summed E-state index contributed by atoms with van der Waals surface area (Å²) in [6.07, 6.45) is 3.98. The molecule has 23 heavy (non-hydrogen) atoms. The number of H-pyrrole nitrogens is 1. The molecule has 1 aromatic heterocycles. The third kappa shape index (κ3) is 3.69. The summed E-state index contributed by atoms with van der Waals surface area (Å²) in [5.74, 6) is -0.269. The Balaban J connectivity index is 1.71. The van der Waals surface area contributed by atoms with Crippen LogP contribution in [0.5, 0.6) is 0 Å². The third-order valence-corrected chi connectivity index (χ3v) is 4.44. The van der Waals surface area contributed by atoms with Gasteiger partial charge in [0.25, 0.3) is 5.91 Å². The number of ether oxygens (including phenoxy) is 1. The Kier molecular flexibility index (Phi) is 4.90. The van der Waals surface area contributed by atoms with Crippen LogP contribution in [0.25, 0.3) is 0 Å². The summed E-state index contributed by atoms with van der Waals surface area (Å²) >= 11 is 0. The molecule has 0 saturated carbocycles. The number of carbonyl (C=O) groups is 2. The smallest absolute Gasteiger partial charge is 0.276 e. The summed E-state index contributed by atoms with van der Waals surface area (Å²) < 4.78 is 5.63. The molecule has 0 aliphatic carbocycles. The van der Waals surface area contributed by atoms with E-state index in [0.29, 0.717) is 12.2 Å². The van der Waals surface area contributed by atoms with E-state index in [1.54, 1.807) is 11.8 Å². The fraction of sp³-hybridized carbons (Fsp3) is 0.733. The second-order valence-corrected chi connectivity index (χ2v) is 6.17. The van der Waals surface area contributed by atoms with E-state index in [-0.39, 0.29) is 30.2 Å². The van der Waals surface area contributed by atoms with Crippen LogP contribution in [-0.4, -0.2) is 75.9 Å². The highest BCUT2D eigenvalue weighted by atomic mass is 16.5. The maximum absolute atomic E-state index is 12.7. The van der Waals surface area contributed by atoms with Crippen LogP contribution in [0, 0.1) is 6.92 Å². The summed E-state index contributed by atoms with van der Waals surface area (Å²) in [6, 6.07) is 0. The first-order valence-corrected chi connectivity index (χ1v) is 8.21. The van der Waals surface area contributed by atoms with Gasteiger partial charge < -0.3 is 14.5 Å². The predicted octanol–water partition coefficient (Wildman–Crippen LogP) is 0.357. The van der Waals surface area contributed by atoms with Gasteiger partial charge in [-0.25, -0.2) is 0 Å². The molecule has 2 aliphatic heterocycles. The SMILES string of the molecule is Cc1n[nH]nc1C(=O)N(CC(=O)N1CCCC1)CC1CCCO1. The van der Waals surface area contributed by atoms with Crippen LogP contribution >= 0.6 is 0 Å². The number of likely N-dealkylation sites (tertiary alicyclic amines) is 1. The average molecular weight is 321 g/mol. The summed E-state index contributed by atoms with van der Waals surface area (Å²) in [7, 11) is 0. The van der Waals surface area contributed by atoms with E-state index >= 15 is 0 Å². The molecule has 2 amide bonds. The molecule has 3 heterocycles. The molecule has 3 rings (SSSR count). The zero-order chi connectivity index (χ0) is 16.2. The van der Waals surface area contributed by atoms with Gasteiger partial charge in [0.15, 0.2) is 5.69 Å². The minimum absolute atomic E-state index is 0.00228. The Labute approximate surface area is 135 Å². The number of amides is 2. The lowest BCUT2D eigenvalue weighted by Crippen LogP contribution is -2.45. The molecule has 2 aliphatic rings. The number of carbonyl (C=O) groups excluding carboxylic acids is 2. The van der Waals surface area contributed by atoms with Gasteiger partial charge in [-0.3, -0.25) is 9.59 Å². The highest BCUT2D eigenvalue weighted by Crippen LogP contribution is 2.16. The van der Waals surface area contributed by atoms with Gasteiger partial charge in [-0.15, -0.1) is 0 Å². The number of nitrogens with zero attached hydrogens (tertiary/aromatic N) is 4. The number of nitrogens with one attached hydrogen (secondary N) is 1. The van der Waals surface area contributed by atoms with Crippen LogP contribution < -0.4 is 0 Å². The number of rotatable bonds is 5. The first kappa shape index (κ1) is 15.9. The Morgan fingerprint density at radius 2 is 2.09 bits per heavy atom. The molecule has 1 N–H and O–H groups in total. The molecule has 0 bridgehead atoms. The Morgan fingerprint density at radius 1 is 1.30 bits per heavy atom.